The fraction of sp³-hybridized carbons (Fsp3) is 0.0909. The van der Waals surface area contributed by atoms with Crippen LogP contribution in [0.15, 0.2) is 36.8 Å². The third kappa shape index (κ3) is 1.38. The number of aromatic nitrogens is 2. The van der Waals surface area contributed by atoms with E-state index in [-0.39, 0.29) is 0 Å². The number of nitrogens with zero attached hydrogens (tertiary/aromatic N) is 3. The van der Waals surface area contributed by atoms with Crippen molar-refractivity contribution in [2.75, 3.05) is 0 Å². The highest BCUT2D eigenvalue weighted by atomic mass is 15.0. The van der Waals surface area contributed by atoms with E-state index in [1.165, 1.54) is 0 Å². The van der Waals surface area contributed by atoms with Gasteiger partial charge in [-0.05, 0) is 17.7 Å². The summed E-state index contributed by atoms with van der Waals surface area (Å²) in [5, 5.41) is 8.65. The van der Waals surface area contributed by atoms with Crippen LogP contribution in [0.25, 0.3) is 11.3 Å². The zero-order valence-electron chi connectivity index (χ0n) is 7.81. The summed E-state index contributed by atoms with van der Waals surface area (Å²) >= 11 is 0. The summed E-state index contributed by atoms with van der Waals surface area (Å²) in [6.07, 6.45) is 3.56. The van der Waals surface area contributed by atoms with Crippen LogP contribution < -0.4 is 0 Å². The molecule has 0 aliphatic carbocycles. The second-order valence-electron chi connectivity index (χ2n) is 3.08. The summed E-state index contributed by atoms with van der Waals surface area (Å²) in [5.41, 5.74) is 2.80. The molecule has 1 heterocycles. The number of hydrogen-bond acceptors (Lipinski definition) is 2. The van der Waals surface area contributed by atoms with Gasteiger partial charge in [-0.1, -0.05) is 12.1 Å². The van der Waals surface area contributed by atoms with Crippen molar-refractivity contribution in [2.45, 2.75) is 0 Å². The van der Waals surface area contributed by atoms with Crippen LogP contribution in [-0.4, -0.2) is 9.55 Å². The molecule has 14 heavy (non-hydrogen) atoms. The highest BCUT2D eigenvalue weighted by Gasteiger charge is 2.01. The van der Waals surface area contributed by atoms with Crippen molar-refractivity contribution >= 4 is 0 Å². The van der Waals surface area contributed by atoms with Crippen LogP contribution in [-0.2, 0) is 7.05 Å². The van der Waals surface area contributed by atoms with Gasteiger partial charge in [-0.15, -0.1) is 0 Å². The maximum absolute atomic E-state index is 8.65. The van der Waals surface area contributed by atoms with E-state index >= 15 is 0 Å². The molecule has 0 unspecified atom stereocenters. The van der Waals surface area contributed by atoms with Gasteiger partial charge in [-0.25, -0.2) is 4.98 Å². The van der Waals surface area contributed by atoms with Crippen LogP contribution in [0.3, 0.4) is 0 Å². The molecule has 68 valence electrons. The summed E-state index contributed by atoms with van der Waals surface area (Å²) < 4.78 is 1.95. The number of rotatable bonds is 1. The van der Waals surface area contributed by atoms with Crippen molar-refractivity contribution in [3.63, 3.8) is 0 Å². The zero-order chi connectivity index (χ0) is 9.97. The minimum Gasteiger partial charge on any atom is -0.334 e. The summed E-state index contributed by atoms with van der Waals surface area (Å²) in [7, 11) is 1.94. The number of nitriles is 1. The SMILES string of the molecule is Cn1cncc1-c1ccc(C#N)cc1. The minimum absolute atomic E-state index is 0.677. The Morgan fingerprint density at radius 2 is 2.00 bits per heavy atom. The Hall–Kier alpha value is -2.08. The Morgan fingerprint density at radius 3 is 2.50 bits per heavy atom. The first-order valence-electron chi connectivity index (χ1n) is 4.28. The minimum atomic E-state index is 0.677. The maximum Gasteiger partial charge on any atom is 0.0991 e. The van der Waals surface area contributed by atoms with Gasteiger partial charge < -0.3 is 4.57 Å². The molecule has 0 fully saturated rings. The van der Waals surface area contributed by atoms with Crippen LogP contribution in [0.4, 0.5) is 0 Å². The standard InChI is InChI=1S/C11H9N3/c1-14-8-13-7-11(14)10-4-2-9(6-12)3-5-10/h2-5,7-8H,1H3. The van der Waals surface area contributed by atoms with E-state index in [2.05, 4.69) is 11.1 Å². The van der Waals surface area contributed by atoms with Crippen molar-refractivity contribution in [2.24, 2.45) is 7.05 Å². The average molecular weight is 183 g/mol. The van der Waals surface area contributed by atoms with Gasteiger partial charge in [-0.2, -0.15) is 5.26 Å². The molecule has 0 saturated carbocycles. The largest absolute Gasteiger partial charge is 0.334 e. The van der Waals surface area contributed by atoms with E-state index in [0.29, 0.717) is 5.56 Å². The quantitative estimate of drug-likeness (QED) is 0.678. The lowest BCUT2D eigenvalue weighted by Crippen LogP contribution is -1.88. The molecule has 2 aromatic rings. The number of benzene rings is 1. The first-order valence-corrected chi connectivity index (χ1v) is 4.28. The van der Waals surface area contributed by atoms with Gasteiger partial charge in [0.05, 0.1) is 29.9 Å². The highest BCUT2D eigenvalue weighted by Crippen LogP contribution is 2.17. The Labute approximate surface area is 82.2 Å². The third-order valence-corrected chi connectivity index (χ3v) is 2.13. The molecule has 2 rings (SSSR count). The predicted molar refractivity (Wildman–Crippen MR) is 53.4 cm³/mol. The van der Waals surface area contributed by atoms with E-state index in [9.17, 15) is 0 Å². The van der Waals surface area contributed by atoms with Crippen molar-refractivity contribution in [1.29, 1.82) is 5.26 Å². The van der Waals surface area contributed by atoms with E-state index in [0.717, 1.165) is 11.3 Å². The van der Waals surface area contributed by atoms with Gasteiger partial charge in [0.15, 0.2) is 0 Å². The van der Waals surface area contributed by atoms with Crippen LogP contribution >= 0.6 is 0 Å². The summed E-state index contributed by atoms with van der Waals surface area (Å²) in [6, 6.07) is 9.56. The summed E-state index contributed by atoms with van der Waals surface area (Å²) in [6.45, 7) is 0. The smallest absolute Gasteiger partial charge is 0.0991 e. The lowest BCUT2D eigenvalue weighted by atomic mass is 10.1. The zero-order valence-corrected chi connectivity index (χ0v) is 7.81. The molecule has 0 aliphatic rings. The van der Waals surface area contributed by atoms with Gasteiger partial charge in [0.25, 0.3) is 0 Å². The normalized spacial score (nSPS) is 9.71. The molecular weight excluding hydrogens is 174 g/mol. The van der Waals surface area contributed by atoms with Crippen LogP contribution in [0.1, 0.15) is 5.56 Å². The molecule has 0 saturated heterocycles. The van der Waals surface area contributed by atoms with Crippen molar-refractivity contribution in [1.82, 2.24) is 9.55 Å². The van der Waals surface area contributed by atoms with Gasteiger partial charge in [0, 0.05) is 7.05 Å². The monoisotopic (exact) mass is 183 g/mol. The Bertz CT molecular complexity index is 474. The molecule has 0 aliphatic heterocycles. The van der Waals surface area contributed by atoms with Crippen molar-refractivity contribution in [3.05, 3.63) is 42.4 Å². The molecule has 0 amide bonds. The number of imidazole rings is 1. The van der Waals surface area contributed by atoms with Gasteiger partial charge in [0.2, 0.25) is 0 Å². The third-order valence-electron chi connectivity index (χ3n) is 2.13. The van der Waals surface area contributed by atoms with E-state index in [4.69, 9.17) is 5.26 Å². The topological polar surface area (TPSA) is 41.6 Å². The van der Waals surface area contributed by atoms with E-state index in [1.54, 1.807) is 12.5 Å². The molecule has 3 heteroatoms. The maximum atomic E-state index is 8.65. The van der Waals surface area contributed by atoms with Crippen molar-refractivity contribution < 1.29 is 0 Å². The molecule has 0 radical (unpaired) electrons. The lowest BCUT2D eigenvalue weighted by Gasteiger charge is -2.01. The molecular formula is C11H9N3. The lowest BCUT2D eigenvalue weighted by molar-refractivity contribution is 0.921. The second-order valence-corrected chi connectivity index (χ2v) is 3.08. The summed E-state index contributed by atoms with van der Waals surface area (Å²) in [4.78, 5) is 4.04. The second kappa shape index (κ2) is 3.35. The highest BCUT2D eigenvalue weighted by molar-refractivity contribution is 5.59. The van der Waals surface area contributed by atoms with Crippen LogP contribution in [0, 0.1) is 11.3 Å². The van der Waals surface area contributed by atoms with Gasteiger partial charge >= 0.3 is 0 Å². The van der Waals surface area contributed by atoms with Gasteiger partial charge in [-0.3, -0.25) is 0 Å². The molecule has 0 spiro atoms. The molecule has 1 aromatic carbocycles. The molecule has 0 bridgehead atoms. The molecule has 1 aromatic heterocycles. The van der Waals surface area contributed by atoms with Crippen LogP contribution in [0.5, 0.6) is 0 Å². The van der Waals surface area contributed by atoms with E-state index < -0.39 is 0 Å². The molecule has 0 N–H and O–H groups in total. The van der Waals surface area contributed by atoms with E-state index in [1.807, 2.05) is 35.9 Å². The Kier molecular flexibility index (Phi) is 2.04. The van der Waals surface area contributed by atoms with Gasteiger partial charge in [0.1, 0.15) is 0 Å². The number of hydrogen-bond donors (Lipinski definition) is 0. The van der Waals surface area contributed by atoms with Crippen molar-refractivity contribution in [3.8, 4) is 17.3 Å². The Morgan fingerprint density at radius 1 is 1.29 bits per heavy atom. The predicted octanol–water partition coefficient (Wildman–Crippen LogP) is 1.96. The van der Waals surface area contributed by atoms with Crippen LogP contribution in [0.2, 0.25) is 0 Å². The first-order chi connectivity index (χ1) is 6.81. The fourth-order valence-electron chi connectivity index (χ4n) is 1.35. The average Bonchev–Trinajstić information content (AvgIpc) is 2.65. The number of aryl methyl sites for hydroxylation is 1. The Balaban J connectivity index is 2.45. The molecule has 3 nitrogen and oxygen atoms in total. The first kappa shape index (κ1) is 8.52. The molecule has 0 atom stereocenters. The summed E-state index contributed by atoms with van der Waals surface area (Å²) in [5.74, 6) is 0. The fourth-order valence-corrected chi connectivity index (χ4v) is 1.35.